The van der Waals surface area contributed by atoms with E-state index < -0.39 is 11.7 Å². The van der Waals surface area contributed by atoms with E-state index in [1.54, 1.807) is 0 Å². The lowest BCUT2D eigenvalue weighted by Crippen LogP contribution is -2.39. The van der Waals surface area contributed by atoms with Crippen molar-refractivity contribution in [3.05, 3.63) is 5.28 Å². The molecule has 110 valence electrons. The molecule has 0 spiro atoms. The standard InChI is InChI=1S/C11H13ClF3N5/c12-7-16-8(19-10(3-4-10)11(13,14)15)18-9(17-7)20-5-1-2-6-20/h1-6H2,(H,16,17,18,19). The van der Waals surface area contributed by atoms with Crippen LogP contribution < -0.4 is 10.2 Å². The fourth-order valence-electron chi connectivity index (χ4n) is 2.27. The van der Waals surface area contributed by atoms with Gasteiger partial charge in [-0.15, -0.1) is 0 Å². The van der Waals surface area contributed by atoms with Crippen LogP contribution in [0.5, 0.6) is 0 Å². The summed E-state index contributed by atoms with van der Waals surface area (Å²) < 4.78 is 38.7. The maximum atomic E-state index is 12.9. The SMILES string of the molecule is FC(F)(F)C1(Nc2nc(Cl)nc(N3CCCC3)n2)CC1. The van der Waals surface area contributed by atoms with E-state index in [9.17, 15) is 13.2 Å². The van der Waals surface area contributed by atoms with Crippen molar-refractivity contribution in [2.45, 2.75) is 37.4 Å². The summed E-state index contributed by atoms with van der Waals surface area (Å²) in [6, 6.07) is 0. The summed E-state index contributed by atoms with van der Waals surface area (Å²) in [5.41, 5.74) is -1.90. The Labute approximate surface area is 118 Å². The summed E-state index contributed by atoms with van der Waals surface area (Å²) >= 11 is 5.78. The van der Waals surface area contributed by atoms with E-state index in [4.69, 9.17) is 11.6 Å². The second-order valence-corrected chi connectivity index (χ2v) is 5.47. The highest BCUT2D eigenvalue weighted by molar-refractivity contribution is 6.28. The number of rotatable bonds is 3. The van der Waals surface area contributed by atoms with E-state index in [0.717, 1.165) is 25.9 Å². The highest BCUT2D eigenvalue weighted by Gasteiger charge is 2.64. The molecule has 1 aromatic heterocycles. The Kier molecular flexibility index (Phi) is 3.15. The maximum absolute atomic E-state index is 12.9. The molecule has 0 bridgehead atoms. The molecule has 1 aliphatic heterocycles. The van der Waals surface area contributed by atoms with Gasteiger partial charge in [-0.3, -0.25) is 0 Å². The van der Waals surface area contributed by atoms with Gasteiger partial charge in [0, 0.05) is 13.1 Å². The average Bonchev–Trinajstić information content (AvgIpc) is 2.94. The Morgan fingerprint density at radius 3 is 2.30 bits per heavy atom. The van der Waals surface area contributed by atoms with Crippen molar-refractivity contribution in [2.75, 3.05) is 23.3 Å². The molecule has 1 saturated carbocycles. The molecule has 2 heterocycles. The van der Waals surface area contributed by atoms with E-state index in [0.29, 0.717) is 5.95 Å². The van der Waals surface area contributed by atoms with Gasteiger partial charge in [0.2, 0.25) is 17.2 Å². The number of anilines is 2. The molecule has 0 aromatic carbocycles. The molecular formula is C11H13ClF3N5. The molecule has 1 N–H and O–H groups in total. The first kappa shape index (κ1) is 13.7. The molecule has 2 aliphatic rings. The second kappa shape index (κ2) is 4.61. The molecule has 0 atom stereocenters. The summed E-state index contributed by atoms with van der Waals surface area (Å²) in [6.45, 7) is 1.56. The molecule has 3 rings (SSSR count). The Morgan fingerprint density at radius 2 is 1.75 bits per heavy atom. The summed E-state index contributed by atoms with van der Waals surface area (Å²) in [5.74, 6) is 0.227. The van der Waals surface area contributed by atoms with Crippen LogP contribution in [-0.2, 0) is 0 Å². The van der Waals surface area contributed by atoms with Crippen molar-refractivity contribution in [3.63, 3.8) is 0 Å². The Hall–Kier alpha value is -1.31. The topological polar surface area (TPSA) is 53.9 Å². The van der Waals surface area contributed by atoms with E-state index in [1.807, 2.05) is 4.90 Å². The molecule has 1 aromatic rings. The number of hydrogen-bond donors (Lipinski definition) is 1. The maximum Gasteiger partial charge on any atom is 0.411 e. The number of aromatic nitrogens is 3. The number of nitrogens with zero attached hydrogens (tertiary/aromatic N) is 4. The average molecular weight is 308 g/mol. The van der Waals surface area contributed by atoms with Crippen molar-refractivity contribution < 1.29 is 13.2 Å². The molecule has 1 aliphatic carbocycles. The fraction of sp³-hybridized carbons (Fsp3) is 0.727. The number of halogens is 4. The zero-order chi connectivity index (χ0) is 14.4. The monoisotopic (exact) mass is 307 g/mol. The van der Waals surface area contributed by atoms with Crippen LogP contribution in [0, 0.1) is 0 Å². The van der Waals surface area contributed by atoms with Crippen molar-refractivity contribution in [1.82, 2.24) is 15.0 Å². The van der Waals surface area contributed by atoms with Gasteiger partial charge in [0.15, 0.2) is 0 Å². The van der Waals surface area contributed by atoms with Gasteiger partial charge < -0.3 is 10.2 Å². The minimum Gasteiger partial charge on any atom is -0.341 e. The van der Waals surface area contributed by atoms with Gasteiger partial charge in [-0.25, -0.2) is 0 Å². The number of hydrogen-bond acceptors (Lipinski definition) is 5. The zero-order valence-electron chi connectivity index (χ0n) is 10.5. The predicted octanol–water partition coefficient (Wildman–Crippen LogP) is 2.63. The fourth-order valence-corrected chi connectivity index (χ4v) is 2.43. The number of alkyl halides is 3. The Morgan fingerprint density at radius 1 is 1.10 bits per heavy atom. The summed E-state index contributed by atoms with van der Waals surface area (Å²) in [5, 5.41) is 2.28. The number of nitrogens with one attached hydrogen (secondary N) is 1. The molecule has 9 heteroatoms. The van der Waals surface area contributed by atoms with Gasteiger partial charge in [0.1, 0.15) is 5.54 Å². The molecule has 0 unspecified atom stereocenters. The molecule has 20 heavy (non-hydrogen) atoms. The third kappa shape index (κ3) is 2.48. The zero-order valence-corrected chi connectivity index (χ0v) is 11.3. The summed E-state index contributed by atoms with van der Waals surface area (Å²) in [7, 11) is 0. The lowest BCUT2D eigenvalue weighted by Gasteiger charge is -2.21. The summed E-state index contributed by atoms with van der Waals surface area (Å²) in [6.07, 6.45) is -2.24. The Bertz CT molecular complexity index is 511. The van der Waals surface area contributed by atoms with E-state index in [-0.39, 0.29) is 24.1 Å². The molecular weight excluding hydrogens is 295 g/mol. The van der Waals surface area contributed by atoms with Gasteiger partial charge >= 0.3 is 6.18 Å². The van der Waals surface area contributed by atoms with Crippen LogP contribution in [-0.4, -0.2) is 39.8 Å². The van der Waals surface area contributed by atoms with Gasteiger partial charge in [0.05, 0.1) is 0 Å². The van der Waals surface area contributed by atoms with Crippen molar-refractivity contribution in [2.24, 2.45) is 0 Å². The molecule has 0 radical (unpaired) electrons. The highest BCUT2D eigenvalue weighted by atomic mass is 35.5. The van der Waals surface area contributed by atoms with Crippen LogP contribution in [0.1, 0.15) is 25.7 Å². The largest absolute Gasteiger partial charge is 0.411 e. The second-order valence-electron chi connectivity index (χ2n) is 5.13. The van der Waals surface area contributed by atoms with Crippen LogP contribution in [0.2, 0.25) is 5.28 Å². The van der Waals surface area contributed by atoms with Crippen LogP contribution in [0.15, 0.2) is 0 Å². The molecule has 1 saturated heterocycles. The van der Waals surface area contributed by atoms with Crippen LogP contribution in [0.3, 0.4) is 0 Å². The third-order valence-electron chi connectivity index (χ3n) is 3.63. The van der Waals surface area contributed by atoms with Gasteiger partial charge in [-0.05, 0) is 37.3 Å². The third-order valence-corrected chi connectivity index (χ3v) is 3.80. The van der Waals surface area contributed by atoms with Gasteiger partial charge in [-0.2, -0.15) is 28.1 Å². The molecule has 5 nitrogen and oxygen atoms in total. The van der Waals surface area contributed by atoms with Crippen LogP contribution in [0.25, 0.3) is 0 Å². The van der Waals surface area contributed by atoms with E-state index >= 15 is 0 Å². The first-order valence-electron chi connectivity index (χ1n) is 6.41. The highest BCUT2D eigenvalue weighted by Crippen LogP contribution is 2.50. The van der Waals surface area contributed by atoms with Crippen LogP contribution in [0.4, 0.5) is 25.1 Å². The van der Waals surface area contributed by atoms with E-state index in [2.05, 4.69) is 20.3 Å². The normalized spacial score (nSPS) is 21.1. The van der Waals surface area contributed by atoms with Gasteiger partial charge in [-0.1, -0.05) is 0 Å². The summed E-state index contributed by atoms with van der Waals surface area (Å²) in [4.78, 5) is 13.7. The first-order valence-corrected chi connectivity index (χ1v) is 6.79. The molecule has 0 amide bonds. The quantitative estimate of drug-likeness (QED) is 0.930. The van der Waals surface area contributed by atoms with Crippen LogP contribution >= 0.6 is 11.6 Å². The minimum atomic E-state index is -4.32. The smallest absolute Gasteiger partial charge is 0.341 e. The lowest BCUT2D eigenvalue weighted by molar-refractivity contribution is -0.151. The minimum absolute atomic E-state index is 0.0266. The van der Waals surface area contributed by atoms with Crippen molar-refractivity contribution >= 4 is 23.5 Å². The van der Waals surface area contributed by atoms with Gasteiger partial charge in [0.25, 0.3) is 0 Å². The predicted molar refractivity (Wildman–Crippen MR) is 67.9 cm³/mol. The van der Waals surface area contributed by atoms with Crippen molar-refractivity contribution in [1.29, 1.82) is 0 Å². The molecule has 2 fully saturated rings. The lowest BCUT2D eigenvalue weighted by atomic mass is 10.3. The van der Waals surface area contributed by atoms with E-state index in [1.165, 1.54) is 0 Å². The Balaban J connectivity index is 1.83. The van der Waals surface area contributed by atoms with Crippen molar-refractivity contribution in [3.8, 4) is 0 Å². The first-order chi connectivity index (χ1) is 9.40.